The zero-order valence-corrected chi connectivity index (χ0v) is 37.4. The van der Waals surface area contributed by atoms with E-state index in [0.717, 1.165) is 55.9 Å². The number of hydrogen-bond acceptors (Lipinski definition) is 4. The molecule has 8 heteroatoms. The fraction of sp³-hybridized carbons (Fsp3) is 0. The van der Waals surface area contributed by atoms with Gasteiger partial charge in [-0.05, 0) is 81.5 Å². The van der Waals surface area contributed by atoms with Gasteiger partial charge in [-0.2, -0.15) is 0 Å². The molecule has 14 aromatic rings. The summed E-state index contributed by atoms with van der Waals surface area (Å²) in [7, 11) is 0. The summed E-state index contributed by atoms with van der Waals surface area (Å²) < 4.78 is 19.3. The lowest BCUT2D eigenvalue weighted by atomic mass is 9.44. The van der Waals surface area contributed by atoms with Gasteiger partial charge in [-0.1, -0.05) is 146 Å². The van der Waals surface area contributed by atoms with Gasteiger partial charge < -0.3 is 27.6 Å². The number of benzene rings is 10. The van der Waals surface area contributed by atoms with Gasteiger partial charge in [0.05, 0.1) is 11.0 Å². The highest BCUT2D eigenvalue weighted by atomic mass is 16.3. The van der Waals surface area contributed by atoms with Gasteiger partial charge in [0.1, 0.15) is 22.3 Å². The molecule has 0 amide bonds. The highest BCUT2D eigenvalue weighted by Crippen LogP contribution is 2.54. The first kappa shape index (κ1) is 36.0. The second-order valence-electron chi connectivity index (χ2n) is 19.4. The van der Waals surface area contributed by atoms with Crippen LogP contribution in [-0.4, -0.2) is 22.7 Å². The molecule has 0 fully saturated rings. The minimum Gasteiger partial charge on any atom is -0.456 e. The molecule has 320 valence electrons. The lowest BCUT2D eigenvalue weighted by Crippen LogP contribution is -2.56. The topological polar surface area (TPSA) is 42.6 Å². The molecule has 0 saturated carbocycles. The van der Waals surface area contributed by atoms with Crippen LogP contribution in [0.3, 0.4) is 0 Å². The molecule has 0 saturated heterocycles. The summed E-state index contributed by atoms with van der Waals surface area (Å²) in [4.78, 5) is 4.93. The monoisotopic (exact) mass is 888 g/mol. The van der Waals surface area contributed by atoms with E-state index in [0.29, 0.717) is 0 Å². The Kier molecular flexibility index (Phi) is 6.42. The summed E-state index contributed by atoms with van der Waals surface area (Å²) in [6, 6.07) is 75.7. The van der Waals surface area contributed by atoms with Crippen LogP contribution in [0.25, 0.3) is 99.0 Å². The highest BCUT2D eigenvalue weighted by molar-refractivity contribution is 6.92. The van der Waals surface area contributed by atoms with Crippen molar-refractivity contribution < 1.29 is 8.83 Å². The van der Waals surface area contributed by atoms with E-state index in [-0.39, 0.29) is 13.7 Å². The Labute approximate surface area is 400 Å². The lowest BCUT2D eigenvalue weighted by Gasteiger charge is -2.40. The van der Waals surface area contributed by atoms with E-state index < -0.39 is 0 Å². The third-order valence-corrected chi connectivity index (χ3v) is 16.2. The maximum absolute atomic E-state index is 6.89. The Balaban J connectivity index is 1.05. The smallest absolute Gasteiger partial charge is 0.333 e. The molecule has 4 aromatic heterocycles. The minimum absolute atomic E-state index is 0.146. The first-order valence-corrected chi connectivity index (χ1v) is 24.2. The second-order valence-corrected chi connectivity index (χ2v) is 19.4. The number of nitrogens with zero attached hydrogens (tertiary/aromatic N) is 4. The molecule has 0 spiro atoms. The SMILES string of the molecule is c1ccc(N2c3ccccc3B3c4c2cc2oc5ccccc5c2c4-c2cccc4c2n3c2c3cccc5c3n(c42)B2c3ccccc3N(c3ccccc3)c3cc4oc6ccccc6c4c-5c32)cc1. The zero-order chi connectivity index (χ0) is 45.1. The fourth-order valence-corrected chi connectivity index (χ4v) is 13.8. The van der Waals surface area contributed by atoms with E-state index in [1.54, 1.807) is 0 Å². The largest absolute Gasteiger partial charge is 0.456 e. The van der Waals surface area contributed by atoms with Crippen molar-refractivity contribution in [2.24, 2.45) is 0 Å². The van der Waals surface area contributed by atoms with Gasteiger partial charge in [0.15, 0.2) is 0 Å². The number of hydrogen-bond donors (Lipinski definition) is 0. The van der Waals surface area contributed by atoms with Crippen LogP contribution in [0, 0.1) is 0 Å². The van der Waals surface area contributed by atoms with Crippen molar-refractivity contribution in [2.45, 2.75) is 0 Å². The molecule has 4 aliphatic rings. The summed E-state index contributed by atoms with van der Waals surface area (Å²) in [5, 5.41) is 7.11. The third kappa shape index (κ3) is 4.12. The summed E-state index contributed by atoms with van der Waals surface area (Å²) >= 11 is 0. The fourth-order valence-electron chi connectivity index (χ4n) is 13.8. The van der Waals surface area contributed by atoms with Crippen molar-refractivity contribution in [3.05, 3.63) is 206 Å². The standard InChI is InChI=1S/C62H34B2N4O2/c1-3-17-35(18-4-1)65-45-29-11-9-27-43(45)63-57-47(65)33-51-53(37-21-7-13-31-49(37)69-51)55(57)39-23-15-25-41-59(39)67(63)61-42-26-16-24-40-56-54-38-22-8-14-32-50(38)70-52(54)34-48-58(56)64(68(60(40)42)62(41)61)44-28-10-12-30-46(44)66(48)36-19-5-2-6-20-36/h1-34H. The number of furan rings is 2. The molecule has 6 nitrogen and oxygen atoms in total. The van der Waals surface area contributed by atoms with Gasteiger partial charge >= 0.3 is 13.7 Å². The molecule has 0 aliphatic carbocycles. The molecule has 10 aromatic carbocycles. The van der Waals surface area contributed by atoms with Crippen LogP contribution in [0.4, 0.5) is 34.1 Å². The van der Waals surface area contributed by atoms with Crippen LogP contribution in [0.1, 0.15) is 0 Å². The van der Waals surface area contributed by atoms with Crippen LogP contribution in [-0.2, 0) is 0 Å². The molecule has 0 atom stereocenters. The second kappa shape index (κ2) is 12.5. The molecule has 0 unspecified atom stereocenters. The van der Waals surface area contributed by atoms with Crippen LogP contribution >= 0.6 is 0 Å². The maximum atomic E-state index is 6.89. The van der Waals surface area contributed by atoms with E-state index in [1.165, 1.54) is 99.1 Å². The molecule has 70 heavy (non-hydrogen) atoms. The van der Waals surface area contributed by atoms with E-state index in [9.17, 15) is 0 Å². The number of aromatic nitrogens is 2. The van der Waals surface area contributed by atoms with Crippen LogP contribution in [0.15, 0.2) is 215 Å². The molecular formula is C62H34B2N4O2. The van der Waals surface area contributed by atoms with E-state index in [4.69, 9.17) is 8.83 Å². The van der Waals surface area contributed by atoms with Crippen LogP contribution < -0.4 is 31.7 Å². The van der Waals surface area contributed by atoms with E-state index >= 15 is 0 Å². The van der Waals surface area contributed by atoms with Crippen molar-refractivity contribution in [3.63, 3.8) is 0 Å². The Morgan fingerprint density at radius 1 is 0.314 bits per heavy atom. The van der Waals surface area contributed by atoms with Crippen molar-refractivity contribution in [1.82, 2.24) is 8.96 Å². The Hall–Kier alpha value is -9.13. The molecule has 18 rings (SSSR count). The molecule has 8 heterocycles. The number of para-hydroxylation sites is 8. The third-order valence-electron chi connectivity index (χ3n) is 16.2. The van der Waals surface area contributed by atoms with Crippen molar-refractivity contribution in [2.75, 3.05) is 9.80 Å². The van der Waals surface area contributed by atoms with Gasteiger partial charge in [-0.3, -0.25) is 0 Å². The minimum atomic E-state index is -0.146. The van der Waals surface area contributed by atoms with Gasteiger partial charge in [0.25, 0.3) is 0 Å². The zero-order valence-electron chi connectivity index (χ0n) is 37.4. The number of fused-ring (bicyclic) bond motifs is 21. The summed E-state index contributed by atoms with van der Waals surface area (Å²) in [5.74, 6) is 0. The van der Waals surface area contributed by atoms with E-state index in [1.807, 2.05) is 0 Å². The molecular weight excluding hydrogens is 854 g/mol. The molecule has 0 radical (unpaired) electrons. The molecule has 4 aliphatic heterocycles. The average Bonchev–Trinajstić information content (AvgIpc) is 4.18. The number of anilines is 6. The van der Waals surface area contributed by atoms with Gasteiger partial charge in [-0.15, -0.1) is 0 Å². The first-order valence-electron chi connectivity index (χ1n) is 24.2. The van der Waals surface area contributed by atoms with Crippen LogP contribution in [0.2, 0.25) is 0 Å². The van der Waals surface area contributed by atoms with Crippen molar-refractivity contribution >= 4 is 146 Å². The Bertz CT molecular complexity index is 4400. The average molecular weight is 889 g/mol. The number of rotatable bonds is 2. The van der Waals surface area contributed by atoms with Crippen molar-refractivity contribution in [3.8, 4) is 22.3 Å². The lowest BCUT2D eigenvalue weighted by molar-refractivity contribution is 0.668. The quantitative estimate of drug-likeness (QED) is 0.162. The van der Waals surface area contributed by atoms with Gasteiger partial charge in [-0.25, -0.2) is 0 Å². The van der Waals surface area contributed by atoms with Crippen molar-refractivity contribution in [1.29, 1.82) is 0 Å². The predicted molar refractivity (Wildman–Crippen MR) is 291 cm³/mol. The van der Waals surface area contributed by atoms with E-state index in [2.05, 4.69) is 225 Å². The van der Waals surface area contributed by atoms with Gasteiger partial charge in [0.2, 0.25) is 0 Å². The first-order chi connectivity index (χ1) is 34.8. The van der Waals surface area contributed by atoms with Gasteiger partial charge in [0, 0.05) is 101 Å². The Morgan fingerprint density at radius 2 is 0.714 bits per heavy atom. The summed E-state index contributed by atoms with van der Waals surface area (Å²) in [6.07, 6.45) is 0. The summed E-state index contributed by atoms with van der Waals surface area (Å²) in [5.41, 5.74) is 25.6. The Morgan fingerprint density at radius 3 is 1.19 bits per heavy atom. The highest BCUT2D eigenvalue weighted by Gasteiger charge is 2.48. The normalized spacial score (nSPS) is 13.9. The predicted octanol–water partition coefficient (Wildman–Crippen LogP) is 13.4. The maximum Gasteiger partial charge on any atom is 0.333 e. The molecule has 0 N–H and O–H groups in total. The molecule has 0 bridgehead atoms. The van der Waals surface area contributed by atoms with Crippen LogP contribution in [0.5, 0.6) is 0 Å². The summed E-state index contributed by atoms with van der Waals surface area (Å²) in [6.45, 7) is -0.292.